The fourth-order valence-electron chi connectivity index (χ4n) is 4.51. The average Bonchev–Trinajstić information content (AvgIpc) is 3.32. The molecule has 1 unspecified atom stereocenters. The monoisotopic (exact) mass is 427 g/mol. The normalized spacial score (nSPS) is 16.1. The Bertz CT molecular complexity index is 1120. The van der Waals surface area contributed by atoms with Crippen LogP contribution in [-0.4, -0.2) is 32.0 Å². The van der Waals surface area contributed by atoms with E-state index in [-0.39, 0.29) is 17.4 Å². The molecule has 164 valence electrons. The molecule has 0 aliphatic heterocycles. The largest absolute Gasteiger partial charge is 0.497 e. The van der Waals surface area contributed by atoms with Crippen LogP contribution in [0.3, 0.4) is 0 Å². The number of hydrogen-bond acceptors (Lipinski definition) is 5. The second kappa shape index (κ2) is 8.49. The first-order valence-electron chi connectivity index (χ1n) is 10.6. The van der Waals surface area contributed by atoms with Crippen LogP contribution < -0.4 is 4.74 Å². The minimum atomic E-state index is -0.424. The van der Waals surface area contributed by atoms with Crippen LogP contribution >= 0.6 is 0 Å². The molecular formula is C22H26FN5O3. The van der Waals surface area contributed by atoms with Crippen molar-refractivity contribution < 1.29 is 14.1 Å². The van der Waals surface area contributed by atoms with Crippen molar-refractivity contribution >= 4 is 5.69 Å². The Hall–Kier alpha value is -3.23. The molecule has 0 saturated heterocycles. The summed E-state index contributed by atoms with van der Waals surface area (Å²) in [6, 6.07) is 3.56. The van der Waals surface area contributed by atoms with Crippen LogP contribution in [0.1, 0.15) is 55.0 Å². The van der Waals surface area contributed by atoms with Crippen molar-refractivity contribution in [2.24, 2.45) is 0 Å². The second-order valence-electron chi connectivity index (χ2n) is 7.80. The molecule has 8 nitrogen and oxygen atoms in total. The number of fused-ring (bicyclic) bond motifs is 1. The molecule has 1 aliphatic carbocycles. The summed E-state index contributed by atoms with van der Waals surface area (Å²) in [6.45, 7) is 4.32. The lowest BCUT2D eigenvalue weighted by Gasteiger charge is -2.18. The molecule has 9 heteroatoms. The number of nitro groups is 1. The molecule has 1 N–H and O–H groups in total. The lowest BCUT2D eigenvalue weighted by Crippen LogP contribution is -2.06. The van der Waals surface area contributed by atoms with E-state index in [0.717, 1.165) is 24.1 Å². The van der Waals surface area contributed by atoms with Gasteiger partial charge in [0.25, 0.3) is 0 Å². The smallest absolute Gasteiger partial charge is 0.316 e. The van der Waals surface area contributed by atoms with E-state index >= 15 is 4.39 Å². The van der Waals surface area contributed by atoms with Gasteiger partial charge in [0.05, 0.1) is 12.0 Å². The van der Waals surface area contributed by atoms with E-state index in [1.807, 2.05) is 13.8 Å². The Morgan fingerprint density at radius 1 is 1.32 bits per heavy atom. The van der Waals surface area contributed by atoms with Crippen LogP contribution in [0.15, 0.2) is 18.3 Å². The Morgan fingerprint density at radius 2 is 2.10 bits per heavy atom. The van der Waals surface area contributed by atoms with Crippen LogP contribution in [-0.2, 0) is 25.8 Å². The van der Waals surface area contributed by atoms with Crippen LogP contribution in [0.2, 0.25) is 0 Å². The van der Waals surface area contributed by atoms with Crippen molar-refractivity contribution in [3.8, 4) is 17.1 Å². The van der Waals surface area contributed by atoms with Crippen LogP contribution in [0.5, 0.6) is 5.75 Å². The van der Waals surface area contributed by atoms with Gasteiger partial charge in [-0.2, -0.15) is 10.2 Å². The molecule has 2 heterocycles. The highest BCUT2D eigenvalue weighted by Gasteiger charge is 2.30. The minimum absolute atomic E-state index is 0.0279. The summed E-state index contributed by atoms with van der Waals surface area (Å²) in [6.07, 6.45) is 4.70. The summed E-state index contributed by atoms with van der Waals surface area (Å²) in [5, 5.41) is 23.2. The van der Waals surface area contributed by atoms with E-state index in [1.165, 1.54) is 6.20 Å². The Kier molecular flexibility index (Phi) is 5.75. The summed E-state index contributed by atoms with van der Waals surface area (Å²) >= 11 is 0. The summed E-state index contributed by atoms with van der Waals surface area (Å²) < 4.78 is 22.1. The van der Waals surface area contributed by atoms with Crippen molar-refractivity contribution in [3.63, 3.8) is 0 Å². The number of rotatable bonds is 6. The molecular weight excluding hydrogens is 401 g/mol. The average molecular weight is 427 g/mol. The number of ether oxygens (including phenoxy) is 1. The number of H-pyrrole nitrogens is 1. The summed E-state index contributed by atoms with van der Waals surface area (Å²) in [5.74, 6) is 0.540. The number of hydrogen-bond donors (Lipinski definition) is 1. The van der Waals surface area contributed by atoms with E-state index in [9.17, 15) is 10.1 Å². The minimum Gasteiger partial charge on any atom is -0.497 e. The quantitative estimate of drug-likeness (QED) is 0.353. The molecule has 3 aromatic rings. The molecule has 1 atom stereocenters. The maximum absolute atomic E-state index is 15.1. The molecule has 1 aromatic carbocycles. The number of benzene rings is 1. The zero-order valence-electron chi connectivity index (χ0n) is 17.9. The zero-order valence-corrected chi connectivity index (χ0v) is 17.9. The molecule has 0 radical (unpaired) electrons. The van der Waals surface area contributed by atoms with Gasteiger partial charge in [0.2, 0.25) is 0 Å². The first-order chi connectivity index (χ1) is 15.0. The van der Waals surface area contributed by atoms with Gasteiger partial charge in [0.1, 0.15) is 23.5 Å². The number of aromatic nitrogens is 4. The van der Waals surface area contributed by atoms with Crippen molar-refractivity contribution in [2.75, 3.05) is 7.11 Å². The summed E-state index contributed by atoms with van der Waals surface area (Å²) in [7, 11) is 1.59. The molecule has 4 rings (SSSR count). The Morgan fingerprint density at radius 3 is 2.77 bits per heavy atom. The van der Waals surface area contributed by atoms with E-state index in [0.29, 0.717) is 54.1 Å². The number of methoxy groups -OCH3 is 1. The molecule has 1 aliphatic rings. The van der Waals surface area contributed by atoms with E-state index in [4.69, 9.17) is 4.74 Å². The van der Waals surface area contributed by atoms with Crippen molar-refractivity contribution in [3.05, 3.63) is 56.6 Å². The van der Waals surface area contributed by atoms with E-state index in [1.54, 1.807) is 23.9 Å². The topological polar surface area (TPSA) is 98.9 Å². The third kappa shape index (κ3) is 3.68. The first-order valence-corrected chi connectivity index (χ1v) is 10.6. The predicted molar refractivity (Wildman–Crippen MR) is 114 cm³/mol. The molecule has 2 aromatic heterocycles. The first kappa shape index (κ1) is 21.0. The highest BCUT2D eigenvalue weighted by molar-refractivity contribution is 5.70. The summed E-state index contributed by atoms with van der Waals surface area (Å²) in [4.78, 5) is 11.1. The standard InChI is InChI=1S/C22H26FN5O3/c1-4-13-10-15(31-3)11-17(20(13)23)14-6-8-16-18(9-7-14)25-26-21(16)22-19(28(29)30)12-24-27(22)5-2/h10-12,14H,4-9H2,1-3H3,(H,25,26). The van der Waals surface area contributed by atoms with E-state index in [2.05, 4.69) is 15.3 Å². The molecule has 0 spiro atoms. The molecule has 0 saturated carbocycles. The SMILES string of the molecule is CCc1cc(OC)cc(C2CCc3[nH]nc(-c4c([N+](=O)[O-])cnn4CC)c3CC2)c1F. The number of aryl methyl sites for hydroxylation is 3. The maximum atomic E-state index is 15.1. The van der Waals surface area contributed by atoms with Gasteiger partial charge in [-0.15, -0.1) is 0 Å². The lowest BCUT2D eigenvalue weighted by atomic mass is 9.89. The lowest BCUT2D eigenvalue weighted by molar-refractivity contribution is -0.384. The molecule has 0 bridgehead atoms. The van der Waals surface area contributed by atoms with Crippen LogP contribution in [0, 0.1) is 15.9 Å². The van der Waals surface area contributed by atoms with Gasteiger partial charge in [-0.25, -0.2) is 4.39 Å². The third-order valence-corrected chi connectivity index (χ3v) is 6.19. The Labute approximate surface area is 179 Å². The highest BCUT2D eigenvalue weighted by atomic mass is 19.1. The number of nitrogens with zero attached hydrogens (tertiary/aromatic N) is 4. The number of halogens is 1. The molecule has 31 heavy (non-hydrogen) atoms. The maximum Gasteiger partial charge on any atom is 0.316 e. The zero-order chi connectivity index (χ0) is 22.1. The van der Waals surface area contributed by atoms with Gasteiger partial charge in [-0.3, -0.25) is 19.9 Å². The van der Waals surface area contributed by atoms with Gasteiger partial charge in [0, 0.05) is 17.8 Å². The van der Waals surface area contributed by atoms with Crippen LogP contribution in [0.25, 0.3) is 11.4 Å². The Balaban J connectivity index is 1.69. The molecule has 0 amide bonds. The second-order valence-corrected chi connectivity index (χ2v) is 7.80. The number of aromatic amines is 1. The highest BCUT2D eigenvalue weighted by Crippen LogP contribution is 2.39. The number of nitrogens with one attached hydrogen (secondary N) is 1. The van der Waals surface area contributed by atoms with Crippen molar-refractivity contribution in [1.29, 1.82) is 0 Å². The van der Waals surface area contributed by atoms with Gasteiger partial charge in [0.15, 0.2) is 5.69 Å². The predicted octanol–water partition coefficient (Wildman–Crippen LogP) is 4.57. The third-order valence-electron chi connectivity index (χ3n) is 6.19. The fraction of sp³-hybridized carbons (Fsp3) is 0.455. The van der Waals surface area contributed by atoms with Gasteiger partial charge >= 0.3 is 5.69 Å². The van der Waals surface area contributed by atoms with Gasteiger partial charge in [-0.05, 0) is 68.2 Å². The molecule has 0 fully saturated rings. The summed E-state index contributed by atoms with van der Waals surface area (Å²) in [5.41, 5.74) is 4.19. The van der Waals surface area contributed by atoms with Crippen molar-refractivity contribution in [2.45, 2.75) is 58.4 Å². The van der Waals surface area contributed by atoms with E-state index < -0.39 is 4.92 Å². The fourth-order valence-corrected chi connectivity index (χ4v) is 4.51. The van der Waals surface area contributed by atoms with Crippen molar-refractivity contribution in [1.82, 2.24) is 20.0 Å². The van der Waals surface area contributed by atoms with Gasteiger partial charge in [-0.1, -0.05) is 6.92 Å². The van der Waals surface area contributed by atoms with Gasteiger partial charge < -0.3 is 4.74 Å². The van der Waals surface area contributed by atoms with Crippen LogP contribution in [0.4, 0.5) is 10.1 Å².